The summed E-state index contributed by atoms with van der Waals surface area (Å²) in [5.74, 6) is 1.70. The number of hydrogen-bond donors (Lipinski definition) is 1. The smallest absolute Gasteiger partial charge is 0.414 e. The first-order valence-corrected chi connectivity index (χ1v) is 9.99. The molecule has 1 aliphatic carbocycles. The first kappa shape index (κ1) is 19.0. The van der Waals surface area contributed by atoms with Gasteiger partial charge in [-0.05, 0) is 43.8 Å². The largest absolute Gasteiger partial charge is 0.441 e. The van der Waals surface area contributed by atoms with Crippen molar-refractivity contribution in [2.75, 3.05) is 26.2 Å². The third-order valence-electron chi connectivity index (χ3n) is 6.08. The van der Waals surface area contributed by atoms with E-state index in [4.69, 9.17) is 4.74 Å². The van der Waals surface area contributed by atoms with E-state index in [2.05, 4.69) is 11.5 Å². The number of carbonyl (C=O) groups is 1. The van der Waals surface area contributed by atoms with E-state index < -0.39 is 12.2 Å². The van der Waals surface area contributed by atoms with Gasteiger partial charge in [0.05, 0.1) is 13.2 Å². The maximum absolute atomic E-state index is 12.0. The Labute approximate surface area is 157 Å². The first-order valence-electron chi connectivity index (χ1n) is 9.99. The predicted molar refractivity (Wildman–Crippen MR) is 102 cm³/mol. The van der Waals surface area contributed by atoms with Crippen LogP contribution in [-0.2, 0) is 4.74 Å². The van der Waals surface area contributed by atoms with Crippen LogP contribution in [0.3, 0.4) is 0 Å². The number of hydrogen-bond acceptors (Lipinski definition) is 4. The second-order valence-electron chi connectivity index (χ2n) is 7.73. The Bertz CT molecular complexity index is 584. The van der Waals surface area contributed by atoms with Gasteiger partial charge in [-0.25, -0.2) is 4.79 Å². The third-order valence-corrected chi connectivity index (χ3v) is 6.08. The van der Waals surface area contributed by atoms with Gasteiger partial charge in [-0.3, -0.25) is 4.90 Å². The molecule has 0 aromatic rings. The summed E-state index contributed by atoms with van der Waals surface area (Å²) in [7, 11) is 0. The molecule has 3 fully saturated rings. The SMILES string of the molecule is C=C(/C=C\C(=C/C)N1CC(CO)OC1=O)N1CCC2CCCCCC2C1. The summed E-state index contributed by atoms with van der Waals surface area (Å²) in [6, 6.07) is 0. The lowest BCUT2D eigenvalue weighted by molar-refractivity contribution is 0.0952. The molecule has 3 rings (SSSR count). The number of aliphatic hydroxyl groups is 1. The van der Waals surface area contributed by atoms with Gasteiger partial charge in [-0.15, -0.1) is 0 Å². The van der Waals surface area contributed by atoms with Crippen LogP contribution in [-0.4, -0.2) is 53.3 Å². The number of likely N-dealkylation sites (tertiary alicyclic amines) is 1. The minimum atomic E-state index is -0.441. The van der Waals surface area contributed by atoms with E-state index in [-0.39, 0.29) is 6.61 Å². The molecule has 3 atom stereocenters. The molecule has 0 radical (unpaired) electrons. The number of nitrogens with zero attached hydrogens (tertiary/aromatic N) is 2. The quantitative estimate of drug-likeness (QED) is 0.760. The molecule has 1 amide bonds. The highest BCUT2D eigenvalue weighted by atomic mass is 16.6. The van der Waals surface area contributed by atoms with Crippen molar-refractivity contribution in [2.45, 2.75) is 51.6 Å². The highest BCUT2D eigenvalue weighted by Gasteiger charge is 2.32. The van der Waals surface area contributed by atoms with Gasteiger partial charge in [0.1, 0.15) is 6.10 Å². The molecule has 26 heavy (non-hydrogen) atoms. The molecule has 5 nitrogen and oxygen atoms in total. The maximum atomic E-state index is 12.0. The summed E-state index contributed by atoms with van der Waals surface area (Å²) >= 11 is 0. The third kappa shape index (κ3) is 4.32. The molecular formula is C21H32N2O3. The molecule has 1 N–H and O–H groups in total. The molecule has 3 aliphatic rings. The van der Waals surface area contributed by atoms with Crippen LogP contribution in [0.25, 0.3) is 0 Å². The fourth-order valence-corrected chi connectivity index (χ4v) is 4.49. The Morgan fingerprint density at radius 2 is 1.96 bits per heavy atom. The number of piperidine rings is 1. The number of carbonyl (C=O) groups excluding carboxylic acids is 1. The molecule has 0 aromatic carbocycles. The van der Waals surface area contributed by atoms with Crippen molar-refractivity contribution >= 4 is 6.09 Å². The van der Waals surface area contributed by atoms with Crippen LogP contribution in [0.15, 0.2) is 36.2 Å². The van der Waals surface area contributed by atoms with E-state index >= 15 is 0 Å². The van der Waals surface area contributed by atoms with Crippen LogP contribution in [0.5, 0.6) is 0 Å². The van der Waals surface area contributed by atoms with Gasteiger partial charge in [0, 0.05) is 24.5 Å². The number of ether oxygens (including phenoxy) is 1. The fourth-order valence-electron chi connectivity index (χ4n) is 4.49. The average Bonchev–Trinajstić information content (AvgIpc) is 2.88. The van der Waals surface area contributed by atoms with Crippen molar-refractivity contribution in [2.24, 2.45) is 11.8 Å². The molecule has 2 saturated heterocycles. The summed E-state index contributed by atoms with van der Waals surface area (Å²) in [6.07, 6.45) is 13.2. The fraction of sp³-hybridized carbons (Fsp3) is 0.667. The second-order valence-corrected chi connectivity index (χ2v) is 7.73. The molecule has 144 valence electrons. The predicted octanol–water partition coefficient (Wildman–Crippen LogP) is 3.68. The lowest BCUT2D eigenvalue weighted by Gasteiger charge is -2.39. The van der Waals surface area contributed by atoms with Crippen LogP contribution >= 0.6 is 0 Å². The van der Waals surface area contributed by atoms with E-state index in [0.29, 0.717) is 6.54 Å². The minimum Gasteiger partial charge on any atom is -0.441 e. The summed E-state index contributed by atoms with van der Waals surface area (Å²) < 4.78 is 5.13. The van der Waals surface area contributed by atoms with E-state index in [1.54, 1.807) is 4.90 Å². The zero-order valence-electron chi connectivity index (χ0n) is 15.9. The van der Waals surface area contributed by atoms with Crippen molar-refractivity contribution in [3.05, 3.63) is 36.2 Å². The van der Waals surface area contributed by atoms with Gasteiger partial charge >= 0.3 is 6.09 Å². The van der Waals surface area contributed by atoms with E-state index in [9.17, 15) is 9.90 Å². The maximum Gasteiger partial charge on any atom is 0.414 e. The summed E-state index contributed by atoms with van der Waals surface area (Å²) in [4.78, 5) is 15.9. The Morgan fingerprint density at radius 3 is 2.65 bits per heavy atom. The van der Waals surface area contributed by atoms with E-state index in [0.717, 1.165) is 36.3 Å². The molecular weight excluding hydrogens is 328 g/mol. The normalized spacial score (nSPS) is 30.3. The number of amides is 1. The number of aliphatic hydroxyl groups excluding tert-OH is 1. The highest BCUT2D eigenvalue weighted by molar-refractivity contribution is 5.73. The van der Waals surface area contributed by atoms with Gasteiger partial charge in [0.15, 0.2) is 0 Å². The molecule has 0 spiro atoms. The highest BCUT2D eigenvalue weighted by Crippen LogP contribution is 2.36. The van der Waals surface area contributed by atoms with Gasteiger partial charge in [0.2, 0.25) is 0 Å². The molecule has 5 heteroatoms. The zero-order valence-corrected chi connectivity index (χ0v) is 15.9. The number of rotatable bonds is 5. The Kier molecular flexibility index (Phi) is 6.41. The number of fused-ring (bicyclic) bond motifs is 1. The van der Waals surface area contributed by atoms with Crippen LogP contribution < -0.4 is 0 Å². The van der Waals surface area contributed by atoms with Crippen LogP contribution in [0.1, 0.15) is 45.4 Å². The van der Waals surface area contributed by atoms with Gasteiger partial charge in [0.25, 0.3) is 0 Å². The lowest BCUT2D eigenvalue weighted by atomic mass is 9.82. The van der Waals surface area contributed by atoms with Crippen molar-refractivity contribution in [3.63, 3.8) is 0 Å². The van der Waals surface area contributed by atoms with Crippen LogP contribution in [0.2, 0.25) is 0 Å². The number of allylic oxidation sites excluding steroid dienone is 3. The molecule has 1 saturated carbocycles. The summed E-state index contributed by atoms with van der Waals surface area (Å²) in [6.45, 7) is 8.59. The Morgan fingerprint density at radius 1 is 1.19 bits per heavy atom. The van der Waals surface area contributed by atoms with Crippen molar-refractivity contribution in [3.8, 4) is 0 Å². The van der Waals surface area contributed by atoms with E-state index in [1.807, 2.05) is 25.2 Å². The Hall–Kier alpha value is -1.75. The van der Waals surface area contributed by atoms with Crippen LogP contribution in [0.4, 0.5) is 4.79 Å². The standard InChI is InChI=1S/C21H32N2O3/c1-3-19(23-14-20(15-24)26-21(23)25)10-9-16(2)22-12-11-17-7-5-4-6-8-18(17)13-22/h3,9-10,17-18,20,24H,2,4-8,11-15H2,1H3/b10-9-,19-3+. The minimum absolute atomic E-state index is 0.147. The van der Waals surface area contributed by atoms with Gasteiger partial charge in [-0.1, -0.05) is 38.3 Å². The topological polar surface area (TPSA) is 53.0 Å². The molecule has 2 heterocycles. The lowest BCUT2D eigenvalue weighted by Crippen LogP contribution is -2.39. The Balaban J connectivity index is 1.59. The first-order chi connectivity index (χ1) is 12.6. The molecule has 0 aromatic heterocycles. The summed E-state index contributed by atoms with van der Waals surface area (Å²) in [5.41, 5.74) is 1.80. The van der Waals surface area contributed by atoms with Crippen molar-refractivity contribution in [1.29, 1.82) is 0 Å². The molecule has 2 aliphatic heterocycles. The zero-order chi connectivity index (χ0) is 18.5. The number of cyclic esters (lactones) is 1. The average molecular weight is 360 g/mol. The van der Waals surface area contributed by atoms with Crippen molar-refractivity contribution < 1.29 is 14.6 Å². The molecule has 3 unspecified atom stereocenters. The van der Waals surface area contributed by atoms with Crippen molar-refractivity contribution in [1.82, 2.24) is 9.80 Å². The summed E-state index contributed by atoms with van der Waals surface area (Å²) in [5, 5.41) is 9.20. The van der Waals surface area contributed by atoms with E-state index in [1.165, 1.54) is 38.5 Å². The van der Waals surface area contributed by atoms with Gasteiger partial charge in [-0.2, -0.15) is 0 Å². The van der Waals surface area contributed by atoms with Gasteiger partial charge < -0.3 is 14.7 Å². The molecule has 0 bridgehead atoms. The second kappa shape index (κ2) is 8.76. The monoisotopic (exact) mass is 360 g/mol. The van der Waals surface area contributed by atoms with Crippen LogP contribution in [0, 0.1) is 11.8 Å².